The highest BCUT2D eigenvalue weighted by Crippen LogP contribution is 2.30. The second-order valence-electron chi connectivity index (χ2n) is 5.45. The topological polar surface area (TPSA) is 66.8 Å². The van der Waals surface area contributed by atoms with E-state index in [1.165, 1.54) is 19.2 Å². The van der Waals surface area contributed by atoms with Crippen LogP contribution in [0.5, 0.6) is 0 Å². The molecule has 1 rings (SSSR count). The highest BCUT2D eigenvalue weighted by atomic mass is 19.4. The molecule has 0 aliphatic heterocycles. The maximum atomic E-state index is 12.7. The third kappa shape index (κ3) is 6.19. The first-order chi connectivity index (χ1) is 11.1. The molecule has 1 N–H and O–H groups in total. The number of alkyl halides is 3. The summed E-state index contributed by atoms with van der Waals surface area (Å²) in [5, 5.41) is 8.87. The molecule has 1 amide bonds. The number of nitrogens with zero attached hydrogens (tertiary/aromatic N) is 1. The van der Waals surface area contributed by atoms with Gasteiger partial charge in [-0.05, 0) is 18.1 Å². The van der Waals surface area contributed by atoms with Crippen molar-refractivity contribution < 1.29 is 32.6 Å². The van der Waals surface area contributed by atoms with E-state index in [-0.39, 0.29) is 19.6 Å². The summed E-state index contributed by atoms with van der Waals surface area (Å²) >= 11 is 0. The number of carbonyl (C=O) groups is 2. The molecular weight excluding hydrogens is 327 g/mol. The number of aliphatic carboxylic acids is 1. The van der Waals surface area contributed by atoms with Gasteiger partial charge in [-0.25, -0.2) is 0 Å². The fourth-order valence-corrected chi connectivity index (χ4v) is 2.26. The number of carbonyl (C=O) groups excluding carboxylic acids is 1. The van der Waals surface area contributed by atoms with Crippen molar-refractivity contribution in [1.29, 1.82) is 0 Å². The third-order valence-electron chi connectivity index (χ3n) is 3.42. The van der Waals surface area contributed by atoms with Crippen molar-refractivity contribution in [2.75, 3.05) is 26.8 Å². The number of halogens is 3. The molecule has 8 heteroatoms. The molecule has 1 atom stereocenters. The van der Waals surface area contributed by atoms with Crippen LogP contribution in [0.25, 0.3) is 0 Å². The Balaban J connectivity index is 2.82. The number of ether oxygens (including phenoxy) is 1. The second kappa shape index (κ2) is 8.68. The van der Waals surface area contributed by atoms with Gasteiger partial charge < -0.3 is 14.7 Å². The predicted octanol–water partition coefficient (Wildman–Crippen LogP) is 2.44. The van der Waals surface area contributed by atoms with Crippen LogP contribution in [0.15, 0.2) is 24.3 Å². The van der Waals surface area contributed by atoms with Gasteiger partial charge in [0.1, 0.15) is 6.54 Å². The van der Waals surface area contributed by atoms with E-state index in [9.17, 15) is 22.8 Å². The van der Waals surface area contributed by atoms with Gasteiger partial charge in [0, 0.05) is 19.6 Å². The molecule has 1 unspecified atom stereocenters. The van der Waals surface area contributed by atoms with Gasteiger partial charge in [-0.15, -0.1) is 0 Å². The van der Waals surface area contributed by atoms with Gasteiger partial charge in [-0.1, -0.05) is 25.1 Å². The van der Waals surface area contributed by atoms with Gasteiger partial charge in [-0.2, -0.15) is 13.2 Å². The minimum absolute atomic E-state index is 0.0891. The summed E-state index contributed by atoms with van der Waals surface area (Å²) in [7, 11) is 1.43. The molecule has 0 fully saturated rings. The lowest BCUT2D eigenvalue weighted by Gasteiger charge is -2.24. The van der Waals surface area contributed by atoms with Crippen LogP contribution in [-0.2, 0) is 26.9 Å². The first-order valence-electron chi connectivity index (χ1n) is 7.30. The Morgan fingerprint density at radius 1 is 1.33 bits per heavy atom. The van der Waals surface area contributed by atoms with E-state index in [0.29, 0.717) is 5.56 Å². The Morgan fingerprint density at radius 3 is 2.54 bits per heavy atom. The Hall–Kier alpha value is -2.09. The number of hydrogen-bond acceptors (Lipinski definition) is 3. The monoisotopic (exact) mass is 347 g/mol. The standard InChI is InChI=1S/C16H20F3NO4/c1-11(15(23)20(6-7-24-2)10-14(21)22)8-12-4-3-5-13(9-12)16(17,18)19/h3-5,9,11H,6-8,10H2,1-2H3,(H,21,22). The maximum Gasteiger partial charge on any atom is 0.416 e. The van der Waals surface area contributed by atoms with Gasteiger partial charge in [0.15, 0.2) is 0 Å². The molecule has 24 heavy (non-hydrogen) atoms. The number of methoxy groups -OCH3 is 1. The summed E-state index contributed by atoms with van der Waals surface area (Å²) in [4.78, 5) is 24.3. The molecule has 5 nitrogen and oxygen atoms in total. The number of benzene rings is 1. The van der Waals surface area contributed by atoms with Crippen LogP contribution in [0.4, 0.5) is 13.2 Å². The van der Waals surface area contributed by atoms with Crippen molar-refractivity contribution >= 4 is 11.9 Å². The summed E-state index contributed by atoms with van der Waals surface area (Å²) in [6.07, 6.45) is -4.36. The van der Waals surface area contributed by atoms with E-state index < -0.39 is 36.1 Å². The van der Waals surface area contributed by atoms with Crippen LogP contribution in [0.1, 0.15) is 18.1 Å². The van der Waals surface area contributed by atoms with Crippen LogP contribution in [0.2, 0.25) is 0 Å². The second-order valence-corrected chi connectivity index (χ2v) is 5.45. The normalized spacial score (nSPS) is 12.7. The number of amides is 1. The molecule has 0 aliphatic rings. The predicted molar refractivity (Wildman–Crippen MR) is 80.4 cm³/mol. The SMILES string of the molecule is COCCN(CC(=O)O)C(=O)C(C)Cc1cccc(C(F)(F)F)c1. The highest BCUT2D eigenvalue weighted by Gasteiger charge is 2.30. The molecular formula is C16H20F3NO4. The van der Waals surface area contributed by atoms with E-state index >= 15 is 0 Å². The molecule has 0 bridgehead atoms. The number of carboxylic acids is 1. The summed E-state index contributed by atoms with van der Waals surface area (Å²) in [5.74, 6) is -2.25. The first-order valence-corrected chi connectivity index (χ1v) is 7.30. The Kier molecular flexibility index (Phi) is 7.21. The van der Waals surface area contributed by atoms with Gasteiger partial charge in [0.05, 0.1) is 12.2 Å². The molecule has 1 aromatic rings. The van der Waals surface area contributed by atoms with Crippen LogP contribution < -0.4 is 0 Å². The lowest BCUT2D eigenvalue weighted by molar-refractivity contribution is -0.146. The Bertz CT molecular complexity index is 575. The number of carboxylic acid groups (broad SMARTS) is 1. The average molecular weight is 347 g/mol. The van der Waals surface area contributed by atoms with Crippen molar-refractivity contribution in [3.05, 3.63) is 35.4 Å². The Labute approximate surface area is 138 Å². The molecule has 0 saturated carbocycles. The number of rotatable bonds is 8. The highest BCUT2D eigenvalue weighted by molar-refractivity contribution is 5.83. The zero-order valence-electron chi connectivity index (χ0n) is 13.5. The van der Waals surface area contributed by atoms with Crippen molar-refractivity contribution in [2.45, 2.75) is 19.5 Å². The minimum Gasteiger partial charge on any atom is -0.480 e. The number of hydrogen-bond donors (Lipinski definition) is 1. The van der Waals surface area contributed by atoms with E-state index in [2.05, 4.69) is 0 Å². The summed E-state index contributed by atoms with van der Waals surface area (Å²) in [5.41, 5.74) is -0.408. The van der Waals surface area contributed by atoms with Crippen molar-refractivity contribution in [3.63, 3.8) is 0 Å². The summed E-state index contributed by atoms with van der Waals surface area (Å²) in [6.45, 7) is 1.36. The average Bonchev–Trinajstić information content (AvgIpc) is 2.49. The molecule has 0 aliphatic carbocycles. The van der Waals surface area contributed by atoms with Crippen LogP contribution >= 0.6 is 0 Å². The van der Waals surface area contributed by atoms with E-state index in [4.69, 9.17) is 9.84 Å². The fraction of sp³-hybridized carbons (Fsp3) is 0.500. The lowest BCUT2D eigenvalue weighted by atomic mass is 9.98. The molecule has 0 radical (unpaired) electrons. The van der Waals surface area contributed by atoms with Gasteiger partial charge in [0.25, 0.3) is 0 Å². The fourth-order valence-electron chi connectivity index (χ4n) is 2.26. The molecule has 0 heterocycles. The maximum absolute atomic E-state index is 12.7. The van der Waals surface area contributed by atoms with E-state index in [0.717, 1.165) is 17.0 Å². The lowest BCUT2D eigenvalue weighted by Crippen LogP contribution is -2.41. The third-order valence-corrected chi connectivity index (χ3v) is 3.42. The van der Waals surface area contributed by atoms with Gasteiger partial charge in [0.2, 0.25) is 5.91 Å². The molecule has 0 aromatic heterocycles. The molecule has 0 spiro atoms. The van der Waals surface area contributed by atoms with E-state index in [1.807, 2.05) is 0 Å². The largest absolute Gasteiger partial charge is 0.480 e. The van der Waals surface area contributed by atoms with Crippen LogP contribution in [0, 0.1) is 5.92 Å². The summed E-state index contributed by atoms with van der Waals surface area (Å²) in [6, 6.07) is 4.76. The smallest absolute Gasteiger partial charge is 0.416 e. The first kappa shape index (κ1) is 20.0. The van der Waals surface area contributed by atoms with Crippen LogP contribution in [0.3, 0.4) is 0 Å². The van der Waals surface area contributed by atoms with E-state index in [1.54, 1.807) is 6.92 Å². The van der Waals surface area contributed by atoms with Crippen molar-refractivity contribution in [2.24, 2.45) is 5.92 Å². The molecule has 134 valence electrons. The molecule has 1 aromatic carbocycles. The van der Waals surface area contributed by atoms with Gasteiger partial charge in [-0.3, -0.25) is 9.59 Å². The van der Waals surface area contributed by atoms with Gasteiger partial charge >= 0.3 is 12.1 Å². The summed E-state index contributed by atoms with van der Waals surface area (Å²) < 4.78 is 43.0. The van der Waals surface area contributed by atoms with Crippen LogP contribution in [-0.4, -0.2) is 48.7 Å². The zero-order valence-corrected chi connectivity index (χ0v) is 13.5. The van der Waals surface area contributed by atoms with Crippen molar-refractivity contribution in [1.82, 2.24) is 4.90 Å². The zero-order chi connectivity index (χ0) is 18.3. The van der Waals surface area contributed by atoms with Crippen molar-refractivity contribution in [3.8, 4) is 0 Å². The molecule has 0 saturated heterocycles. The quantitative estimate of drug-likeness (QED) is 0.784. The minimum atomic E-state index is -4.45. The Morgan fingerprint density at radius 2 is 2.00 bits per heavy atom.